The fraction of sp³-hybridized carbons (Fsp3) is 0.923. The van der Waals surface area contributed by atoms with Crippen LogP contribution < -0.4 is 5.32 Å². The Hall–Kier alpha value is -0.220. The number of likely N-dealkylation sites (tertiary alicyclic amines) is 1. The molecule has 1 N–H and O–H groups in total. The van der Waals surface area contributed by atoms with Gasteiger partial charge in [0.1, 0.15) is 0 Å². The highest BCUT2D eigenvalue weighted by Crippen LogP contribution is 2.26. The second-order valence-corrected chi connectivity index (χ2v) is 6.80. The number of amides is 1. The Kier molecular flexibility index (Phi) is 3.61. The van der Waals surface area contributed by atoms with Crippen LogP contribution >= 0.6 is 11.8 Å². The second kappa shape index (κ2) is 5.19. The quantitative estimate of drug-likeness (QED) is 0.825. The Morgan fingerprint density at radius 3 is 2.88 bits per heavy atom. The highest BCUT2D eigenvalue weighted by Gasteiger charge is 2.34. The number of thioether (sulfide) groups is 1. The van der Waals surface area contributed by atoms with Crippen molar-refractivity contribution in [2.75, 3.05) is 24.6 Å². The van der Waals surface area contributed by atoms with Gasteiger partial charge in [0.25, 0.3) is 0 Å². The molecule has 1 saturated carbocycles. The number of hydrogen-bond donors (Lipinski definition) is 1. The van der Waals surface area contributed by atoms with Gasteiger partial charge in [-0.25, -0.2) is 0 Å². The topological polar surface area (TPSA) is 32.3 Å². The maximum absolute atomic E-state index is 12.3. The van der Waals surface area contributed by atoms with Gasteiger partial charge in [-0.2, -0.15) is 11.8 Å². The van der Waals surface area contributed by atoms with Gasteiger partial charge in [-0.15, -0.1) is 0 Å². The van der Waals surface area contributed by atoms with E-state index in [-0.39, 0.29) is 6.04 Å². The van der Waals surface area contributed by atoms with E-state index in [1.807, 2.05) is 11.8 Å². The molecule has 3 rings (SSSR count). The minimum Gasteiger partial charge on any atom is -0.341 e. The van der Waals surface area contributed by atoms with Crippen LogP contribution in [0.1, 0.15) is 32.1 Å². The Bertz CT molecular complexity index is 287. The summed E-state index contributed by atoms with van der Waals surface area (Å²) in [5.41, 5.74) is 0. The molecule has 3 fully saturated rings. The van der Waals surface area contributed by atoms with Gasteiger partial charge in [0.2, 0.25) is 5.91 Å². The molecule has 3 nitrogen and oxygen atoms in total. The van der Waals surface area contributed by atoms with E-state index in [2.05, 4.69) is 10.2 Å². The lowest BCUT2D eigenvalue weighted by molar-refractivity contribution is -0.136. The van der Waals surface area contributed by atoms with Crippen LogP contribution in [-0.2, 0) is 4.79 Å². The summed E-state index contributed by atoms with van der Waals surface area (Å²) in [6.45, 7) is 2.00. The van der Waals surface area contributed by atoms with Crippen molar-refractivity contribution in [2.45, 2.75) is 44.2 Å². The lowest BCUT2D eigenvalue weighted by Gasteiger charge is -2.34. The summed E-state index contributed by atoms with van der Waals surface area (Å²) >= 11 is 2.04. The summed E-state index contributed by atoms with van der Waals surface area (Å²) in [6, 6.07) is 0.774. The molecule has 2 atom stereocenters. The van der Waals surface area contributed by atoms with E-state index in [1.165, 1.54) is 37.2 Å². The van der Waals surface area contributed by atoms with Gasteiger partial charge in [0, 0.05) is 19.1 Å². The summed E-state index contributed by atoms with van der Waals surface area (Å²) in [5, 5.41) is 3.50. The molecule has 2 aliphatic heterocycles. The number of nitrogens with zero attached hydrogens (tertiary/aromatic N) is 1. The van der Waals surface area contributed by atoms with Crippen molar-refractivity contribution in [3.8, 4) is 0 Å². The van der Waals surface area contributed by atoms with Crippen LogP contribution in [0, 0.1) is 5.92 Å². The Morgan fingerprint density at radius 2 is 2.18 bits per heavy atom. The van der Waals surface area contributed by atoms with E-state index in [0.717, 1.165) is 25.4 Å². The first-order valence-corrected chi connectivity index (χ1v) is 8.11. The second-order valence-electron chi connectivity index (χ2n) is 5.65. The molecular formula is C13H22N2OS. The van der Waals surface area contributed by atoms with Gasteiger partial charge in [-0.1, -0.05) is 0 Å². The summed E-state index contributed by atoms with van der Waals surface area (Å²) < 4.78 is 0. The van der Waals surface area contributed by atoms with Crippen molar-refractivity contribution in [1.29, 1.82) is 0 Å². The maximum Gasteiger partial charge on any atom is 0.239 e. The largest absolute Gasteiger partial charge is 0.341 e. The van der Waals surface area contributed by atoms with Gasteiger partial charge in [0.15, 0.2) is 0 Å². The van der Waals surface area contributed by atoms with Crippen molar-refractivity contribution in [3.05, 3.63) is 0 Å². The Morgan fingerprint density at radius 1 is 1.29 bits per heavy atom. The van der Waals surface area contributed by atoms with E-state index < -0.39 is 0 Å². The fourth-order valence-electron chi connectivity index (χ4n) is 2.85. The number of nitrogens with one attached hydrogen (secondary N) is 1. The molecule has 2 saturated heterocycles. The molecule has 1 aliphatic carbocycles. The average Bonchev–Trinajstić information content (AvgIpc) is 2.99. The smallest absolute Gasteiger partial charge is 0.239 e. The standard InChI is InChI=1S/C13H22N2OS/c16-13-12(14-11-3-4-11)2-1-6-15(13)8-10-5-7-17-9-10/h10-12,14H,1-9H2. The first-order valence-electron chi connectivity index (χ1n) is 6.95. The molecule has 17 heavy (non-hydrogen) atoms. The molecule has 96 valence electrons. The third kappa shape index (κ3) is 2.97. The zero-order valence-corrected chi connectivity index (χ0v) is 11.2. The Labute approximate surface area is 108 Å². The molecule has 0 bridgehead atoms. The molecule has 0 spiro atoms. The third-order valence-electron chi connectivity index (χ3n) is 4.05. The van der Waals surface area contributed by atoms with Gasteiger partial charge in [-0.05, 0) is 49.5 Å². The molecule has 0 aromatic rings. The molecule has 0 aromatic carbocycles. The zero-order valence-electron chi connectivity index (χ0n) is 10.4. The van der Waals surface area contributed by atoms with Crippen molar-refractivity contribution >= 4 is 17.7 Å². The van der Waals surface area contributed by atoms with Crippen molar-refractivity contribution in [1.82, 2.24) is 10.2 Å². The molecule has 0 radical (unpaired) electrons. The van der Waals surface area contributed by atoms with E-state index >= 15 is 0 Å². The van der Waals surface area contributed by atoms with Gasteiger partial charge in [-0.3, -0.25) is 4.79 Å². The van der Waals surface area contributed by atoms with Crippen LogP contribution in [0.15, 0.2) is 0 Å². The zero-order chi connectivity index (χ0) is 11.7. The molecule has 1 amide bonds. The monoisotopic (exact) mass is 254 g/mol. The van der Waals surface area contributed by atoms with E-state index in [1.54, 1.807) is 0 Å². The summed E-state index contributed by atoms with van der Waals surface area (Å²) in [6.07, 6.45) is 6.06. The van der Waals surface area contributed by atoms with Gasteiger partial charge in [0.05, 0.1) is 6.04 Å². The summed E-state index contributed by atoms with van der Waals surface area (Å²) in [7, 11) is 0. The minimum atomic E-state index is 0.130. The lowest BCUT2D eigenvalue weighted by Crippen LogP contribution is -2.52. The molecular weight excluding hydrogens is 232 g/mol. The SMILES string of the molecule is O=C1C(NC2CC2)CCCN1CC1CCSC1. The Balaban J connectivity index is 1.53. The molecule has 4 heteroatoms. The number of piperidine rings is 1. The third-order valence-corrected chi connectivity index (χ3v) is 5.28. The molecule has 0 aromatic heterocycles. The van der Waals surface area contributed by atoms with Crippen LogP contribution in [-0.4, -0.2) is 47.5 Å². The molecule has 3 aliphatic rings. The van der Waals surface area contributed by atoms with Crippen LogP contribution in [0.5, 0.6) is 0 Å². The van der Waals surface area contributed by atoms with Crippen molar-refractivity contribution in [2.24, 2.45) is 5.92 Å². The maximum atomic E-state index is 12.3. The molecule has 2 heterocycles. The number of hydrogen-bond acceptors (Lipinski definition) is 3. The number of carbonyl (C=O) groups is 1. The van der Waals surface area contributed by atoms with Crippen LogP contribution in [0.4, 0.5) is 0 Å². The normalized spacial score (nSPS) is 34.4. The number of rotatable bonds is 4. The van der Waals surface area contributed by atoms with Crippen molar-refractivity contribution < 1.29 is 4.79 Å². The highest BCUT2D eigenvalue weighted by atomic mass is 32.2. The van der Waals surface area contributed by atoms with E-state index in [9.17, 15) is 4.79 Å². The van der Waals surface area contributed by atoms with Crippen LogP contribution in [0.2, 0.25) is 0 Å². The predicted molar refractivity (Wildman–Crippen MR) is 71.2 cm³/mol. The van der Waals surface area contributed by atoms with E-state index in [4.69, 9.17) is 0 Å². The summed E-state index contributed by atoms with van der Waals surface area (Å²) in [5.74, 6) is 3.67. The summed E-state index contributed by atoms with van der Waals surface area (Å²) in [4.78, 5) is 14.5. The average molecular weight is 254 g/mol. The fourth-order valence-corrected chi connectivity index (χ4v) is 4.12. The van der Waals surface area contributed by atoms with E-state index in [0.29, 0.717) is 11.9 Å². The lowest BCUT2D eigenvalue weighted by atomic mass is 10.0. The van der Waals surface area contributed by atoms with Gasteiger partial charge < -0.3 is 10.2 Å². The van der Waals surface area contributed by atoms with Crippen LogP contribution in [0.25, 0.3) is 0 Å². The number of carbonyl (C=O) groups excluding carboxylic acids is 1. The molecule has 2 unspecified atom stereocenters. The van der Waals surface area contributed by atoms with Crippen LogP contribution in [0.3, 0.4) is 0 Å². The first-order chi connectivity index (χ1) is 8.33. The van der Waals surface area contributed by atoms with Crippen molar-refractivity contribution in [3.63, 3.8) is 0 Å². The highest BCUT2D eigenvalue weighted by molar-refractivity contribution is 7.99. The predicted octanol–water partition coefficient (Wildman–Crippen LogP) is 1.48. The first kappa shape index (κ1) is 11.8. The minimum absolute atomic E-state index is 0.130. The van der Waals surface area contributed by atoms with Gasteiger partial charge >= 0.3 is 0 Å².